The van der Waals surface area contributed by atoms with Crippen molar-refractivity contribution in [1.29, 1.82) is 0 Å². The van der Waals surface area contributed by atoms with Gasteiger partial charge in [0.25, 0.3) is 0 Å². The Morgan fingerprint density at radius 1 is 1.30 bits per heavy atom. The van der Waals surface area contributed by atoms with E-state index in [0.29, 0.717) is 0 Å². The summed E-state index contributed by atoms with van der Waals surface area (Å²) in [7, 11) is 0. The zero-order valence-corrected chi connectivity index (χ0v) is 11.7. The molecular formula is C15H22N2O3. The zero-order valence-electron chi connectivity index (χ0n) is 11.7. The van der Waals surface area contributed by atoms with Crippen LogP contribution in [0.2, 0.25) is 0 Å². The maximum Gasteiger partial charge on any atom is 0.326 e. The third kappa shape index (κ3) is 5.84. The summed E-state index contributed by atoms with van der Waals surface area (Å²) in [5.74, 6) is -1.35. The van der Waals surface area contributed by atoms with E-state index in [4.69, 9.17) is 5.73 Å². The monoisotopic (exact) mass is 278 g/mol. The second-order valence-corrected chi connectivity index (χ2v) is 4.90. The van der Waals surface area contributed by atoms with Gasteiger partial charge in [0, 0.05) is 18.9 Å². The summed E-state index contributed by atoms with van der Waals surface area (Å²) < 4.78 is 0. The molecule has 1 aromatic carbocycles. The van der Waals surface area contributed by atoms with Gasteiger partial charge in [0.1, 0.15) is 6.04 Å². The van der Waals surface area contributed by atoms with Crippen molar-refractivity contribution in [2.24, 2.45) is 5.73 Å². The Hall–Kier alpha value is -1.88. The molecule has 0 aliphatic carbocycles. The normalized spacial score (nSPS) is 13.5. The van der Waals surface area contributed by atoms with Gasteiger partial charge in [-0.1, -0.05) is 43.7 Å². The van der Waals surface area contributed by atoms with E-state index in [1.807, 2.05) is 37.3 Å². The van der Waals surface area contributed by atoms with Crippen LogP contribution >= 0.6 is 0 Å². The highest BCUT2D eigenvalue weighted by molar-refractivity contribution is 5.84. The summed E-state index contributed by atoms with van der Waals surface area (Å²) in [6.45, 7) is 1.99. The van der Waals surface area contributed by atoms with Crippen molar-refractivity contribution < 1.29 is 14.7 Å². The van der Waals surface area contributed by atoms with Crippen molar-refractivity contribution in [3.63, 3.8) is 0 Å². The Balaban J connectivity index is 2.55. The molecule has 110 valence electrons. The van der Waals surface area contributed by atoms with Gasteiger partial charge >= 0.3 is 5.97 Å². The number of carboxylic acid groups (broad SMARTS) is 1. The first kappa shape index (κ1) is 16.2. The van der Waals surface area contributed by atoms with Crippen LogP contribution in [0, 0.1) is 0 Å². The maximum atomic E-state index is 11.8. The Morgan fingerprint density at radius 3 is 2.50 bits per heavy atom. The van der Waals surface area contributed by atoms with Crippen LogP contribution in [-0.4, -0.2) is 29.1 Å². The number of carboxylic acids is 1. The number of hydrogen-bond donors (Lipinski definition) is 3. The predicted octanol–water partition coefficient (Wildman–Crippen LogP) is 1.32. The Kier molecular flexibility index (Phi) is 6.73. The molecule has 5 nitrogen and oxygen atoms in total. The van der Waals surface area contributed by atoms with Crippen molar-refractivity contribution in [1.82, 2.24) is 5.32 Å². The van der Waals surface area contributed by atoms with E-state index in [2.05, 4.69) is 5.32 Å². The summed E-state index contributed by atoms with van der Waals surface area (Å²) >= 11 is 0. The summed E-state index contributed by atoms with van der Waals surface area (Å²) in [5, 5.41) is 11.7. The molecular weight excluding hydrogens is 256 g/mol. The van der Waals surface area contributed by atoms with Crippen LogP contribution in [0.25, 0.3) is 0 Å². The average molecular weight is 278 g/mol. The number of rotatable bonds is 8. The van der Waals surface area contributed by atoms with Crippen LogP contribution in [-0.2, 0) is 16.0 Å². The number of amides is 1. The van der Waals surface area contributed by atoms with E-state index in [0.717, 1.165) is 18.4 Å². The molecule has 4 N–H and O–H groups in total. The van der Waals surface area contributed by atoms with Gasteiger partial charge in [-0.2, -0.15) is 0 Å². The fraction of sp³-hybridized carbons (Fsp3) is 0.467. The fourth-order valence-corrected chi connectivity index (χ4v) is 2.01. The lowest BCUT2D eigenvalue weighted by molar-refractivity contribution is -0.141. The smallest absolute Gasteiger partial charge is 0.326 e. The largest absolute Gasteiger partial charge is 0.480 e. The van der Waals surface area contributed by atoms with E-state index < -0.39 is 12.0 Å². The second kappa shape index (κ2) is 8.32. The van der Waals surface area contributed by atoms with E-state index in [1.165, 1.54) is 0 Å². The lowest BCUT2D eigenvalue weighted by atomic mass is 10.0. The van der Waals surface area contributed by atoms with Gasteiger partial charge in [-0.15, -0.1) is 0 Å². The molecule has 1 unspecified atom stereocenters. The number of carbonyl (C=O) groups excluding carboxylic acids is 1. The molecule has 0 saturated heterocycles. The molecule has 0 aliphatic heterocycles. The molecule has 0 spiro atoms. The van der Waals surface area contributed by atoms with Gasteiger partial charge in [-0.3, -0.25) is 4.79 Å². The molecule has 1 amide bonds. The predicted molar refractivity (Wildman–Crippen MR) is 77.2 cm³/mol. The molecule has 0 radical (unpaired) electrons. The Morgan fingerprint density at radius 2 is 1.95 bits per heavy atom. The second-order valence-electron chi connectivity index (χ2n) is 4.90. The highest BCUT2D eigenvalue weighted by atomic mass is 16.4. The fourth-order valence-electron chi connectivity index (χ4n) is 2.01. The quantitative estimate of drug-likeness (QED) is 0.668. The number of nitrogens with two attached hydrogens (primary N) is 1. The third-order valence-electron chi connectivity index (χ3n) is 3.02. The summed E-state index contributed by atoms with van der Waals surface area (Å²) in [5.41, 5.74) is 6.65. The topological polar surface area (TPSA) is 92.4 Å². The number of aliphatic carboxylic acids is 1. The standard InChI is InChI=1S/C15H22N2O3/c1-2-6-12(16)10-14(18)17-13(15(19)20)9-11-7-4-3-5-8-11/h3-5,7-8,12-13H,2,6,9-10,16H2,1H3,(H,17,18)(H,19,20)/t12?,13-/m0/s1. The molecule has 5 heteroatoms. The van der Waals surface area contributed by atoms with E-state index in [-0.39, 0.29) is 24.8 Å². The molecule has 0 aromatic heterocycles. The molecule has 1 rings (SSSR count). The third-order valence-corrected chi connectivity index (χ3v) is 3.02. The molecule has 0 bridgehead atoms. The minimum atomic E-state index is -1.04. The highest BCUT2D eigenvalue weighted by Gasteiger charge is 2.21. The van der Waals surface area contributed by atoms with Crippen LogP contribution in [0.3, 0.4) is 0 Å². The van der Waals surface area contributed by atoms with Crippen LogP contribution < -0.4 is 11.1 Å². The van der Waals surface area contributed by atoms with Crippen molar-refractivity contribution in [3.8, 4) is 0 Å². The number of hydrogen-bond acceptors (Lipinski definition) is 3. The first-order valence-electron chi connectivity index (χ1n) is 6.84. The van der Waals surface area contributed by atoms with E-state index in [9.17, 15) is 14.7 Å². The van der Waals surface area contributed by atoms with Gasteiger partial charge in [0.05, 0.1) is 0 Å². The molecule has 2 atom stereocenters. The average Bonchev–Trinajstić information content (AvgIpc) is 2.39. The van der Waals surface area contributed by atoms with Crippen molar-refractivity contribution in [3.05, 3.63) is 35.9 Å². The minimum Gasteiger partial charge on any atom is -0.480 e. The number of nitrogens with one attached hydrogen (secondary N) is 1. The van der Waals surface area contributed by atoms with Crippen molar-refractivity contribution in [2.45, 2.75) is 44.7 Å². The number of benzene rings is 1. The molecule has 0 saturated carbocycles. The summed E-state index contributed by atoms with van der Waals surface area (Å²) in [6.07, 6.45) is 2.09. The zero-order chi connectivity index (χ0) is 15.0. The summed E-state index contributed by atoms with van der Waals surface area (Å²) in [6, 6.07) is 8.09. The minimum absolute atomic E-state index is 0.159. The van der Waals surface area contributed by atoms with Crippen LogP contribution in [0.15, 0.2) is 30.3 Å². The highest BCUT2D eigenvalue weighted by Crippen LogP contribution is 2.05. The van der Waals surface area contributed by atoms with Crippen molar-refractivity contribution >= 4 is 11.9 Å². The molecule has 1 aromatic rings. The van der Waals surface area contributed by atoms with Gasteiger partial charge in [-0.05, 0) is 12.0 Å². The van der Waals surface area contributed by atoms with Gasteiger partial charge < -0.3 is 16.2 Å². The maximum absolute atomic E-state index is 11.8. The van der Waals surface area contributed by atoms with E-state index in [1.54, 1.807) is 0 Å². The molecule has 20 heavy (non-hydrogen) atoms. The van der Waals surface area contributed by atoms with Gasteiger partial charge in [-0.25, -0.2) is 4.79 Å². The summed E-state index contributed by atoms with van der Waals surface area (Å²) in [4.78, 5) is 23.0. The SMILES string of the molecule is CCCC(N)CC(=O)N[C@@H](Cc1ccccc1)C(=O)O. The molecule has 0 aliphatic rings. The Bertz CT molecular complexity index is 434. The first-order valence-corrected chi connectivity index (χ1v) is 6.84. The molecule has 0 heterocycles. The van der Waals surface area contributed by atoms with Crippen molar-refractivity contribution in [2.75, 3.05) is 0 Å². The van der Waals surface area contributed by atoms with Crippen LogP contribution in [0.1, 0.15) is 31.7 Å². The van der Waals surface area contributed by atoms with Crippen LogP contribution in [0.5, 0.6) is 0 Å². The number of carbonyl (C=O) groups is 2. The Labute approximate surface area is 119 Å². The van der Waals surface area contributed by atoms with Crippen LogP contribution in [0.4, 0.5) is 0 Å². The van der Waals surface area contributed by atoms with Gasteiger partial charge in [0.2, 0.25) is 5.91 Å². The van der Waals surface area contributed by atoms with E-state index >= 15 is 0 Å². The first-order chi connectivity index (χ1) is 9.52. The lowest BCUT2D eigenvalue weighted by Gasteiger charge is -2.16. The molecule has 0 fully saturated rings. The lowest BCUT2D eigenvalue weighted by Crippen LogP contribution is -2.44. The van der Waals surface area contributed by atoms with Gasteiger partial charge in [0.15, 0.2) is 0 Å².